The molecule has 2 N–H and O–H groups in total. The van der Waals surface area contributed by atoms with Crippen molar-refractivity contribution in [3.63, 3.8) is 0 Å². The average Bonchev–Trinajstić information content (AvgIpc) is 3.05. The van der Waals surface area contributed by atoms with Gasteiger partial charge in [-0.15, -0.1) is 0 Å². The van der Waals surface area contributed by atoms with Crippen LogP contribution in [0.15, 0.2) is 12.1 Å². The molecule has 0 amide bonds. The smallest absolute Gasteiger partial charge is 0.165 e. The summed E-state index contributed by atoms with van der Waals surface area (Å²) in [6, 6.07) is 3.84. The van der Waals surface area contributed by atoms with Crippen LogP contribution in [0.3, 0.4) is 0 Å². The third-order valence-corrected chi connectivity index (χ3v) is 8.68. The molecule has 0 unspecified atom stereocenters. The Morgan fingerprint density at radius 1 is 1.29 bits per heavy atom. The van der Waals surface area contributed by atoms with Gasteiger partial charge < -0.3 is 24.4 Å². The zero-order chi connectivity index (χ0) is 21.8. The first-order valence-corrected chi connectivity index (χ1v) is 12.0. The lowest BCUT2D eigenvalue weighted by atomic mass is 9.52. The van der Waals surface area contributed by atoms with Crippen LogP contribution in [0.5, 0.6) is 11.5 Å². The molecular formula is C25H37NO5. The lowest BCUT2D eigenvalue weighted by Crippen LogP contribution is -2.74. The normalized spacial score (nSPS) is 35.4. The summed E-state index contributed by atoms with van der Waals surface area (Å²) >= 11 is 0. The Hall–Kier alpha value is -1.34. The number of benzene rings is 1. The van der Waals surface area contributed by atoms with E-state index < -0.39 is 11.0 Å². The van der Waals surface area contributed by atoms with E-state index in [1.54, 1.807) is 13.2 Å². The summed E-state index contributed by atoms with van der Waals surface area (Å²) in [7, 11) is 1.67. The topological polar surface area (TPSA) is 71.4 Å². The lowest BCUT2D eigenvalue weighted by Gasteiger charge is -2.61. The summed E-state index contributed by atoms with van der Waals surface area (Å²) in [5.41, 5.74) is 0.681. The number of fused-ring (bicyclic) bond motifs is 1. The number of hydrogen-bond donors (Lipinski definition) is 2. The largest absolute Gasteiger partial charge is 0.504 e. The van der Waals surface area contributed by atoms with Crippen LogP contribution in [-0.4, -0.2) is 72.4 Å². The second-order valence-corrected chi connectivity index (χ2v) is 10.2. The molecule has 6 nitrogen and oxygen atoms in total. The number of hydrogen-bond acceptors (Lipinski definition) is 6. The van der Waals surface area contributed by atoms with Crippen LogP contribution in [-0.2, 0) is 21.3 Å². The Bertz CT molecular complexity index is 822. The van der Waals surface area contributed by atoms with E-state index in [1.165, 1.54) is 24.8 Å². The van der Waals surface area contributed by atoms with Gasteiger partial charge in [-0.3, -0.25) is 4.90 Å². The molecule has 2 bridgehead atoms. The summed E-state index contributed by atoms with van der Waals surface area (Å²) in [5.74, 6) is 1.49. The number of piperidine rings is 1. The van der Waals surface area contributed by atoms with Gasteiger partial charge in [0.05, 0.1) is 30.3 Å². The molecule has 2 aliphatic carbocycles. The second-order valence-electron chi connectivity index (χ2n) is 10.2. The summed E-state index contributed by atoms with van der Waals surface area (Å²) in [5, 5.41) is 22.9. The van der Waals surface area contributed by atoms with E-state index >= 15 is 0 Å². The fourth-order valence-corrected chi connectivity index (χ4v) is 6.81. The molecule has 1 aromatic rings. The minimum Gasteiger partial charge on any atom is -0.504 e. The average molecular weight is 432 g/mol. The highest BCUT2D eigenvalue weighted by Gasteiger charge is 2.69. The summed E-state index contributed by atoms with van der Waals surface area (Å²) in [6.45, 7) is 7.13. The van der Waals surface area contributed by atoms with Crippen molar-refractivity contribution in [3.05, 3.63) is 23.3 Å². The first-order valence-electron chi connectivity index (χ1n) is 12.0. The Labute approximate surface area is 185 Å². The van der Waals surface area contributed by atoms with Crippen molar-refractivity contribution in [1.82, 2.24) is 4.90 Å². The zero-order valence-electron chi connectivity index (χ0n) is 19.1. The SMILES string of the molecule is CC[C@H](OCCOC)[C@@H]1Oc2c(O)ccc3c2[C@@]12CCN(CC1CCC1)[C@H](C3)[C@@]2(C)O. The highest BCUT2D eigenvalue weighted by molar-refractivity contribution is 5.61. The zero-order valence-corrected chi connectivity index (χ0v) is 19.1. The molecule has 172 valence electrons. The van der Waals surface area contributed by atoms with Gasteiger partial charge in [0.25, 0.3) is 0 Å². The van der Waals surface area contributed by atoms with Crippen molar-refractivity contribution >= 4 is 0 Å². The Morgan fingerprint density at radius 2 is 2.10 bits per heavy atom. The first kappa shape index (κ1) is 21.5. The number of phenolic OH excluding ortho intramolecular Hbond substituents is 1. The van der Waals surface area contributed by atoms with Crippen molar-refractivity contribution in [2.75, 3.05) is 33.4 Å². The fraction of sp³-hybridized carbons (Fsp3) is 0.760. The van der Waals surface area contributed by atoms with E-state index in [4.69, 9.17) is 14.2 Å². The molecule has 1 spiro atoms. The number of rotatable bonds is 8. The second kappa shape index (κ2) is 7.91. The van der Waals surface area contributed by atoms with E-state index in [-0.39, 0.29) is 24.0 Å². The van der Waals surface area contributed by atoms with Crippen molar-refractivity contribution in [1.29, 1.82) is 0 Å². The fourth-order valence-electron chi connectivity index (χ4n) is 6.81. The molecule has 1 saturated heterocycles. The van der Waals surface area contributed by atoms with Crippen LogP contribution in [0.4, 0.5) is 0 Å². The Morgan fingerprint density at radius 3 is 2.77 bits per heavy atom. The third-order valence-electron chi connectivity index (χ3n) is 8.68. The van der Waals surface area contributed by atoms with Crippen molar-refractivity contribution < 1.29 is 24.4 Å². The van der Waals surface area contributed by atoms with Gasteiger partial charge in [-0.25, -0.2) is 0 Å². The molecule has 2 fully saturated rings. The number of aromatic hydroxyl groups is 1. The van der Waals surface area contributed by atoms with E-state index in [0.29, 0.717) is 19.0 Å². The first-order chi connectivity index (χ1) is 14.9. The van der Waals surface area contributed by atoms with Crippen LogP contribution in [0.2, 0.25) is 0 Å². The number of likely N-dealkylation sites (tertiary alicyclic amines) is 1. The van der Waals surface area contributed by atoms with Gasteiger partial charge in [-0.1, -0.05) is 19.4 Å². The molecule has 1 saturated carbocycles. The standard InChI is InChI=1S/C25H37NO5/c1-4-19(30-13-12-29-3)23-25-10-11-26(15-16-6-5-7-16)20(24(25,2)28)14-17-8-9-18(27)22(31-23)21(17)25/h8-9,16,19-20,23,27-28H,4-7,10-15H2,1-3H3/t19-,20+,23-,24+,25-/m0/s1. The van der Waals surface area contributed by atoms with Gasteiger partial charge in [0, 0.05) is 25.3 Å². The van der Waals surface area contributed by atoms with Gasteiger partial charge in [0.1, 0.15) is 6.10 Å². The van der Waals surface area contributed by atoms with Crippen molar-refractivity contribution in [3.8, 4) is 11.5 Å². The summed E-state index contributed by atoms with van der Waals surface area (Å²) in [6.07, 6.45) is 5.81. The number of methoxy groups -OCH3 is 1. The Kier molecular flexibility index (Phi) is 5.48. The highest BCUT2D eigenvalue weighted by atomic mass is 16.6. The molecule has 5 rings (SSSR count). The maximum Gasteiger partial charge on any atom is 0.165 e. The minimum atomic E-state index is -0.969. The molecular weight excluding hydrogens is 394 g/mol. The van der Waals surface area contributed by atoms with Gasteiger partial charge >= 0.3 is 0 Å². The van der Waals surface area contributed by atoms with Gasteiger partial charge in [0.2, 0.25) is 0 Å². The van der Waals surface area contributed by atoms with Crippen LogP contribution in [0.1, 0.15) is 57.1 Å². The molecule has 5 atom stereocenters. The quantitative estimate of drug-likeness (QED) is 0.617. The Balaban J connectivity index is 1.56. The maximum atomic E-state index is 12.3. The molecule has 0 aromatic heterocycles. The molecule has 1 aromatic carbocycles. The maximum absolute atomic E-state index is 12.3. The molecule has 31 heavy (non-hydrogen) atoms. The molecule has 2 heterocycles. The summed E-state index contributed by atoms with van der Waals surface area (Å²) < 4.78 is 17.9. The van der Waals surface area contributed by atoms with Gasteiger partial charge in [-0.2, -0.15) is 0 Å². The summed E-state index contributed by atoms with van der Waals surface area (Å²) in [4.78, 5) is 2.53. The van der Waals surface area contributed by atoms with E-state index in [2.05, 4.69) is 11.8 Å². The van der Waals surface area contributed by atoms with Gasteiger partial charge in [0.15, 0.2) is 11.5 Å². The van der Waals surface area contributed by atoms with Crippen LogP contribution in [0.25, 0.3) is 0 Å². The van der Waals surface area contributed by atoms with E-state index in [9.17, 15) is 10.2 Å². The number of phenols is 1. The minimum absolute atomic E-state index is 0.0485. The van der Waals surface area contributed by atoms with Crippen LogP contribution >= 0.6 is 0 Å². The highest BCUT2D eigenvalue weighted by Crippen LogP contribution is 2.62. The van der Waals surface area contributed by atoms with E-state index in [1.807, 2.05) is 13.0 Å². The van der Waals surface area contributed by atoms with E-state index in [0.717, 1.165) is 43.8 Å². The number of ether oxygens (including phenoxy) is 3. The number of nitrogens with zero attached hydrogens (tertiary/aromatic N) is 1. The van der Waals surface area contributed by atoms with Crippen LogP contribution in [0, 0.1) is 5.92 Å². The van der Waals surface area contributed by atoms with Crippen molar-refractivity contribution in [2.24, 2.45) is 5.92 Å². The predicted octanol–water partition coefficient (Wildman–Crippen LogP) is 3.01. The van der Waals surface area contributed by atoms with Crippen molar-refractivity contribution in [2.45, 2.75) is 81.6 Å². The van der Waals surface area contributed by atoms with Gasteiger partial charge in [-0.05, 0) is 63.1 Å². The molecule has 2 aliphatic heterocycles. The lowest BCUT2D eigenvalue weighted by molar-refractivity contribution is -0.179. The molecule has 0 radical (unpaired) electrons. The predicted molar refractivity (Wildman–Crippen MR) is 118 cm³/mol. The third kappa shape index (κ3) is 3.05. The number of aliphatic hydroxyl groups is 1. The van der Waals surface area contributed by atoms with Crippen LogP contribution < -0.4 is 4.74 Å². The molecule has 4 aliphatic rings. The monoisotopic (exact) mass is 431 g/mol. The molecule has 6 heteroatoms.